The fourth-order valence-electron chi connectivity index (χ4n) is 10.1. The number of hydrogen-bond acceptors (Lipinski definition) is 8. The van der Waals surface area contributed by atoms with Gasteiger partial charge in [-0.3, -0.25) is 14.4 Å². The minimum absolute atomic E-state index is 0.0386. The number of allylic oxidation sites excluding steroid dienone is 1. The van der Waals surface area contributed by atoms with E-state index in [2.05, 4.69) is 20.8 Å². The molecule has 1 saturated heterocycles. The van der Waals surface area contributed by atoms with Gasteiger partial charge in [0.2, 0.25) is 0 Å². The Labute approximate surface area is 236 Å². The van der Waals surface area contributed by atoms with Crippen molar-refractivity contribution >= 4 is 23.7 Å². The summed E-state index contributed by atoms with van der Waals surface area (Å²) in [6, 6.07) is 0. The first-order valence-electron chi connectivity index (χ1n) is 14.9. The van der Waals surface area contributed by atoms with Crippen LogP contribution < -0.4 is 0 Å². The van der Waals surface area contributed by atoms with Crippen molar-refractivity contribution in [1.29, 1.82) is 0 Å². The molecular formula is C32H42O8. The van der Waals surface area contributed by atoms with Crippen LogP contribution in [-0.4, -0.2) is 54.2 Å². The van der Waals surface area contributed by atoms with Gasteiger partial charge < -0.3 is 18.9 Å². The Hall–Kier alpha value is -2.48. The third-order valence-corrected chi connectivity index (χ3v) is 12.1. The van der Waals surface area contributed by atoms with Crippen LogP contribution in [-0.2, 0) is 38.1 Å². The summed E-state index contributed by atoms with van der Waals surface area (Å²) >= 11 is 0. The highest BCUT2D eigenvalue weighted by Crippen LogP contribution is 2.73. The number of ether oxygens (including phenoxy) is 4. The van der Waals surface area contributed by atoms with E-state index in [1.807, 2.05) is 6.92 Å². The lowest BCUT2D eigenvalue weighted by Gasteiger charge is -2.58. The zero-order valence-corrected chi connectivity index (χ0v) is 24.5. The van der Waals surface area contributed by atoms with Crippen molar-refractivity contribution in [2.75, 3.05) is 6.61 Å². The van der Waals surface area contributed by atoms with Crippen LogP contribution in [0.1, 0.15) is 80.1 Å². The van der Waals surface area contributed by atoms with Gasteiger partial charge in [-0.15, -0.1) is 0 Å². The number of fused-ring (bicyclic) bond motifs is 4. The maximum Gasteiger partial charge on any atom is 0.337 e. The summed E-state index contributed by atoms with van der Waals surface area (Å²) < 4.78 is 23.2. The van der Waals surface area contributed by atoms with Crippen LogP contribution in [0.4, 0.5) is 0 Å². The predicted octanol–water partition coefficient (Wildman–Crippen LogP) is 4.49. The molecule has 40 heavy (non-hydrogen) atoms. The van der Waals surface area contributed by atoms with Crippen LogP contribution in [0.2, 0.25) is 0 Å². The van der Waals surface area contributed by atoms with Crippen molar-refractivity contribution in [2.24, 2.45) is 40.4 Å². The summed E-state index contributed by atoms with van der Waals surface area (Å²) in [5.74, 6) is 0.531. The summed E-state index contributed by atoms with van der Waals surface area (Å²) in [5, 5.41) is 0. The number of epoxide rings is 1. The lowest BCUT2D eigenvalue weighted by atomic mass is 9.44. The van der Waals surface area contributed by atoms with Crippen molar-refractivity contribution < 1.29 is 38.1 Å². The van der Waals surface area contributed by atoms with Crippen LogP contribution in [0.5, 0.6) is 0 Å². The molecule has 6 aliphatic rings. The average Bonchev–Trinajstić information content (AvgIpc) is 3.51. The second-order valence-corrected chi connectivity index (χ2v) is 13.7. The second kappa shape index (κ2) is 9.27. The largest absolute Gasteiger partial charge is 0.461 e. The SMILES string of the molecule is CC(=O)OCC1=C(C)CC([C@@H](C)C2CCC3C4C[C@H]5OC56[C@H](OC(C)=O)C=CC(=O)[C@]6(C)C4CC[C@@]32C)OC1=O. The van der Waals surface area contributed by atoms with Gasteiger partial charge in [0, 0.05) is 20.3 Å². The number of cyclic esters (lactones) is 1. The first kappa shape index (κ1) is 27.7. The number of esters is 3. The minimum Gasteiger partial charge on any atom is -0.461 e. The summed E-state index contributed by atoms with van der Waals surface area (Å²) in [7, 11) is 0. The molecule has 0 radical (unpaired) electrons. The van der Waals surface area contributed by atoms with Gasteiger partial charge in [0.1, 0.15) is 18.3 Å². The topological polar surface area (TPSA) is 108 Å². The van der Waals surface area contributed by atoms with Gasteiger partial charge in [0.15, 0.2) is 11.9 Å². The Bertz CT molecular complexity index is 1220. The van der Waals surface area contributed by atoms with Crippen molar-refractivity contribution in [3.05, 3.63) is 23.3 Å². The van der Waals surface area contributed by atoms with Crippen LogP contribution in [0.25, 0.3) is 0 Å². The van der Waals surface area contributed by atoms with Crippen LogP contribution in [0.3, 0.4) is 0 Å². The monoisotopic (exact) mass is 554 g/mol. The van der Waals surface area contributed by atoms with E-state index in [-0.39, 0.29) is 53.8 Å². The van der Waals surface area contributed by atoms with Crippen LogP contribution >= 0.6 is 0 Å². The Morgan fingerprint density at radius 1 is 1.10 bits per heavy atom. The molecule has 0 aromatic rings. The molecule has 0 aromatic heterocycles. The maximum atomic E-state index is 13.6. The molecule has 1 spiro atoms. The second-order valence-electron chi connectivity index (χ2n) is 13.7. The smallest absolute Gasteiger partial charge is 0.337 e. The van der Waals surface area contributed by atoms with Gasteiger partial charge >= 0.3 is 17.9 Å². The molecule has 4 aliphatic carbocycles. The Balaban J connectivity index is 1.22. The van der Waals surface area contributed by atoms with E-state index in [1.54, 1.807) is 12.2 Å². The zero-order chi connectivity index (χ0) is 28.8. The van der Waals surface area contributed by atoms with Gasteiger partial charge in [0.05, 0.1) is 17.1 Å². The van der Waals surface area contributed by atoms with Crippen molar-refractivity contribution in [3.63, 3.8) is 0 Å². The molecule has 4 fully saturated rings. The fourth-order valence-corrected chi connectivity index (χ4v) is 10.1. The lowest BCUT2D eigenvalue weighted by molar-refractivity contribution is -0.166. The molecule has 0 aromatic carbocycles. The standard InChI is InChI=1S/C32H42O8/c1-16-13-25(39-29(36)21(16)15-37-18(3)33)17(2)22-7-8-23-20-14-28-32(40-28)27(38-19(4)34)10-9-26(35)31(32,6)24(20)11-12-30(22,23)5/h9-10,17,20,22-25,27-28H,7-8,11-15H2,1-6H3/t17-,20?,22?,23?,24?,25?,27+,28+,30+,31-,32?/m0/s1. The molecule has 11 atom stereocenters. The van der Waals surface area contributed by atoms with E-state index in [0.717, 1.165) is 37.7 Å². The van der Waals surface area contributed by atoms with Crippen molar-refractivity contribution in [2.45, 2.75) is 104 Å². The van der Waals surface area contributed by atoms with E-state index in [0.29, 0.717) is 29.7 Å². The Kier molecular flexibility index (Phi) is 6.41. The van der Waals surface area contributed by atoms with E-state index < -0.39 is 23.1 Å². The first-order chi connectivity index (χ1) is 18.8. The average molecular weight is 555 g/mol. The third kappa shape index (κ3) is 3.73. The number of carbonyl (C=O) groups is 4. The zero-order valence-electron chi connectivity index (χ0n) is 24.5. The molecule has 6 rings (SSSR count). The van der Waals surface area contributed by atoms with Gasteiger partial charge in [-0.1, -0.05) is 19.4 Å². The van der Waals surface area contributed by atoms with Crippen molar-refractivity contribution in [3.8, 4) is 0 Å². The number of hydrogen-bond donors (Lipinski definition) is 0. The first-order valence-corrected chi connectivity index (χ1v) is 14.9. The molecule has 0 N–H and O–H groups in total. The number of carbonyl (C=O) groups excluding carboxylic acids is 4. The number of rotatable bonds is 5. The number of ketones is 1. The molecule has 3 saturated carbocycles. The normalized spacial score (nSPS) is 45.9. The van der Waals surface area contributed by atoms with Gasteiger partial charge in [-0.25, -0.2) is 4.79 Å². The highest BCUT2D eigenvalue weighted by Gasteiger charge is 2.81. The van der Waals surface area contributed by atoms with Gasteiger partial charge in [-0.2, -0.15) is 0 Å². The molecule has 0 amide bonds. The molecular weight excluding hydrogens is 512 g/mol. The van der Waals surface area contributed by atoms with Gasteiger partial charge in [-0.05, 0) is 93.1 Å². The highest BCUT2D eigenvalue weighted by atomic mass is 16.7. The van der Waals surface area contributed by atoms with Crippen LogP contribution in [0, 0.1) is 40.4 Å². The quantitative estimate of drug-likeness (QED) is 0.278. The molecule has 6 unspecified atom stereocenters. The molecule has 8 nitrogen and oxygen atoms in total. The lowest BCUT2D eigenvalue weighted by Crippen LogP contribution is -2.64. The summed E-state index contributed by atoms with van der Waals surface area (Å²) in [6.07, 6.45) is 8.18. The molecule has 8 heteroatoms. The molecule has 2 heterocycles. The fraction of sp³-hybridized carbons (Fsp3) is 0.750. The molecule has 2 aliphatic heterocycles. The van der Waals surface area contributed by atoms with Crippen molar-refractivity contribution in [1.82, 2.24) is 0 Å². The Morgan fingerprint density at radius 2 is 1.85 bits per heavy atom. The van der Waals surface area contributed by atoms with Crippen LogP contribution in [0.15, 0.2) is 23.3 Å². The molecule has 0 bridgehead atoms. The summed E-state index contributed by atoms with van der Waals surface area (Å²) in [5.41, 5.74) is 0.0214. The van der Waals surface area contributed by atoms with E-state index >= 15 is 0 Å². The summed E-state index contributed by atoms with van der Waals surface area (Å²) in [4.78, 5) is 49.7. The Morgan fingerprint density at radius 3 is 2.52 bits per heavy atom. The van der Waals surface area contributed by atoms with E-state index in [9.17, 15) is 19.2 Å². The minimum atomic E-state index is -0.741. The third-order valence-electron chi connectivity index (χ3n) is 12.1. The van der Waals surface area contributed by atoms with Gasteiger partial charge in [0.25, 0.3) is 0 Å². The molecule has 218 valence electrons. The van der Waals surface area contributed by atoms with E-state index in [4.69, 9.17) is 18.9 Å². The van der Waals surface area contributed by atoms with E-state index in [1.165, 1.54) is 13.8 Å². The predicted molar refractivity (Wildman–Crippen MR) is 144 cm³/mol. The maximum absolute atomic E-state index is 13.6. The summed E-state index contributed by atoms with van der Waals surface area (Å²) in [6.45, 7) is 11.4. The highest BCUT2D eigenvalue weighted by molar-refractivity contribution is 5.98.